The second kappa shape index (κ2) is 4.15. The van der Waals surface area contributed by atoms with E-state index in [1.165, 1.54) is 0 Å². The summed E-state index contributed by atoms with van der Waals surface area (Å²) in [5, 5.41) is 0. The van der Waals surface area contributed by atoms with Gasteiger partial charge in [0.1, 0.15) is 0 Å². The van der Waals surface area contributed by atoms with Crippen molar-refractivity contribution >= 4 is 5.91 Å². The van der Waals surface area contributed by atoms with Crippen molar-refractivity contribution in [2.75, 3.05) is 19.6 Å². The zero-order chi connectivity index (χ0) is 11.8. The van der Waals surface area contributed by atoms with Crippen LogP contribution in [0.2, 0.25) is 0 Å². The fourth-order valence-corrected chi connectivity index (χ4v) is 3.08. The van der Waals surface area contributed by atoms with E-state index in [0.717, 1.165) is 25.2 Å². The molecule has 0 radical (unpaired) electrons. The lowest BCUT2D eigenvalue weighted by Gasteiger charge is -2.19. The summed E-state index contributed by atoms with van der Waals surface area (Å²) >= 11 is 0. The SMILES string of the molecule is NCC1[C@H]2CN(C(=O)Cc3ccccc3)C[C@@H]12. The lowest BCUT2D eigenvalue weighted by molar-refractivity contribution is -0.130. The molecular formula is C14H18N2O. The van der Waals surface area contributed by atoms with Gasteiger partial charge < -0.3 is 10.6 Å². The number of nitrogens with zero attached hydrogens (tertiary/aromatic N) is 1. The second-order valence-electron chi connectivity index (χ2n) is 5.19. The topological polar surface area (TPSA) is 46.3 Å². The van der Waals surface area contributed by atoms with E-state index in [0.29, 0.717) is 24.2 Å². The minimum atomic E-state index is 0.263. The van der Waals surface area contributed by atoms with Crippen LogP contribution in [-0.4, -0.2) is 30.4 Å². The number of hydrogen-bond donors (Lipinski definition) is 1. The summed E-state index contributed by atoms with van der Waals surface area (Å²) in [7, 11) is 0. The van der Waals surface area contributed by atoms with Gasteiger partial charge in [-0.05, 0) is 29.9 Å². The highest BCUT2D eigenvalue weighted by molar-refractivity contribution is 5.79. The molecule has 2 fully saturated rings. The summed E-state index contributed by atoms with van der Waals surface area (Å²) in [4.78, 5) is 14.1. The van der Waals surface area contributed by atoms with Crippen LogP contribution >= 0.6 is 0 Å². The molecule has 1 aromatic rings. The van der Waals surface area contributed by atoms with Crippen molar-refractivity contribution in [3.63, 3.8) is 0 Å². The minimum absolute atomic E-state index is 0.263. The molecule has 0 spiro atoms. The maximum atomic E-state index is 12.1. The number of amides is 1. The van der Waals surface area contributed by atoms with Crippen LogP contribution in [0.3, 0.4) is 0 Å². The number of rotatable bonds is 3. The van der Waals surface area contributed by atoms with Crippen molar-refractivity contribution in [2.24, 2.45) is 23.5 Å². The van der Waals surface area contributed by atoms with E-state index in [1.807, 2.05) is 35.2 Å². The van der Waals surface area contributed by atoms with Crippen LogP contribution in [0, 0.1) is 17.8 Å². The Balaban J connectivity index is 1.56. The summed E-state index contributed by atoms with van der Waals surface area (Å²) in [5.74, 6) is 2.34. The molecule has 3 rings (SSSR count). The molecule has 1 amide bonds. The first-order chi connectivity index (χ1) is 8.29. The molecule has 3 atom stereocenters. The quantitative estimate of drug-likeness (QED) is 0.838. The molecule has 1 aliphatic heterocycles. The van der Waals surface area contributed by atoms with E-state index in [-0.39, 0.29) is 5.91 Å². The first kappa shape index (κ1) is 10.8. The Morgan fingerprint density at radius 2 is 1.88 bits per heavy atom. The van der Waals surface area contributed by atoms with Crippen LogP contribution in [0.4, 0.5) is 0 Å². The molecule has 1 saturated heterocycles. The molecule has 2 N–H and O–H groups in total. The summed E-state index contributed by atoms with van der Waals surface area (Å²) in [6, 6.07) is 9.96. The molecule has 0 aromatic heterocycles. The Morgan fingerprint density at radius 1 is 1.24 bits per heavy atom. The third-order valence-electron chi connectivity index (χ3n) is 4.19. The van der Waals surface area contributed by atoms with E-state index in [9.17, 15) is 4.79 Å². The maximum absolute atomic E-state index is 12.1. The van der Waals surface area contributed by atoms with Gasteiger partial charge in [0.15, 0.2) is 0 Å². The molecule has 90 valence electrons. The van der Waals surface area contributed by atoms with E-state index in [2.05, 4.69) is 0 Å². The van der Waals surface area contributed by atoms with Crippen LogP contribution < -0.4 is 5.73 Å². The van der Waals surface area contributed by atoms with E-state index < -0.39 is 0 Å². The van der Waals surface area contributed by atoms with E-state index >= 15 is 0 Å². The highest BCUT2D eigenvalue weighted by Gasteiger charge is 2.55. The van der Waals surface area contributed by atoms with Crippen LogP contribution in [0.15, 0.2) is 30.3 Å². The van der Waals surface area contributed by atoms with Gasteiger partial charge in [-0.15, -0.1) is 0 Å². The van der Waals surface area contributed by atoms with Gasteiger partial charge >= 0.3 is 0 Å². The van der Waals surface area contributed by atoms with Crippen molar-refractivity contribution in [1.82, 2.24) is 4.90 Å². The Morgan fingerprint density at radius 3 is 2.47 bits per heavy atom. The lowest BCUT2D eigenvalue weighted by Crippen LogP contribution is -2.33. The second-order valence-corrected chi connectivity index (χ2v) is 5.19. The van der Waals surface area contributed by atoms with E-state index in [4.69, 9.17) is 5.73 Å². The van der Waals surface area contributed by atoms with Crippen LogP contribution in [0.5, 0.6) is 0 Å². The zero-order valence-corrected chi connectivity index (χ0v) is 9.88. The summed E-state index contributed by atoms with van der Waals surface area (Å²) in [6.45, 7) is 2.65. The highest BCUT2D eigenvalue weighted by atomic mass is 16.2. The number of carbonyl (C=O) groups excluding carboxylic acids is 1. The molecule has 3 heteroatoms. The van der Waals surface area contributed by atoms with Gasteiger partial charge in [0.2, 0.25) is 5.91 Å². The molecule has 1 aliphatic carbocycles. The largest absolute Gasteiger partial charge is 0.342 e. The number of fused-ring (bicyclic) bond motifs is 1. The fourth-order valence-electron chi connectivity index (χ4n) is 3.08. The molecule has 0 bridgehead atoms. The van der Waals surface area contributed by atoms with E-state index in [1.54, 1.807) is 0 Å². The Bertz CT molecular complexity index is 405. The van der Waals surface area contributed by atoms with Crippen molar-refractivity contribution in [1.29, 1.82) is 0 Å². The predicted octanol–water partition coefficient (Wildman–Crippen LogP) is 0.892. The van der Waals surface area contributed by atoms with Gasteiger partial charge in [-0.25, -0.2) is 0 Å². The monoisotopic (exact) mass is 230 g/mol. The van der Waals surface area contributed by atoms with Crippen molar-refractivity contribution < 1.29 is 4.79 Å². The van der Waals surface area contributed by atoms with Gasteiger partial charge in [-0.2, -0.15) is 0 Å². The smallest absolute Gasteiger partial charge is 0.227 e. The number of likely N-dealkylation sites (tertiary alicyclic amines) is 1. The average molecular weight is 230 g/mol. The first-order valence-electron chi connectivity index (χ1n) is 6.31. The van der Waals surface area contributed by atoms with Crippen LogP contribution in [0.25, 0.3) is 0 Å². The third-order valence-corrected chi connectivity index (χ3v) is 4.19. The third kappa shape index (κ3) is 1.95. The molecule has 1 saturated carbocycles. The number of hydrogen-bond acceptors (Lipinski definition) is 2. The number of benzene rings is 1. The van der Waals surface area contributed by atoms with Crippen LogP contribution in [0.1, 0.15) is 5.56 Å². The summed E-state index contributed by atoms with van der Waals surface area (Å²) in [6.07, 6.45) is 0.535. The van der Waals surface area contributed by atoms with Gasteiger partial charge in [0, 0.05) is 13.1 Å². The van der Waals surface area contributed by atoms with Gasteiger partial charge in [0.25, 0.3) is 0 Å². The first-order valence-corrected chi connectivity index (χ1v) is 6.31. The Labute approximate surface area is 102 Å². The molecule has 1 aromatic carbocycles. The molecular weight excluding hydrogens is 212 g/mol. The molecule has 1 unspecified atom stereocenters. The Kier molecular flexibility index (Phi) is 2.63. The van der Waals surface area contributed by atoms with Crippen molar-refractivity contribution in [3.05, 3.63) is 35.9 Å². The molecule has 17 heavy (non-hydrogen) atoms. The summed E-state index contributed by atoms with van der Waals surface area (Å²) < 4.78 is 0. The normalized spacial score (nSPS) is 30.2. The van der Waals surface area contributed by atoms with Gasteiger partial charge in [-0.1, -0.05) is 30.3 Å². The van der Waals surface area contributed by atoms with Crippen LogP contribution in [-0.2, 0) is 11.2 Å². The maximum Gasteiger partial charge on any atom is 0.227 e. The average Bonchev–Trinajstić information content (AvgIpc) is 2.82. The lowest BCUT2D eigenvalue weighted by atomic mass is 10.1. The van der Waals surface area contributed by atoms with Crippen molar-refractivity contribution in [2.45, 2.75) is 6.42 Å². The van der Waals surface area contributed by atoms with Gasteiger partial charge in [0.05, 0.1) is 6.42 Å². The molecule has 1 heterocycles. The number of carbonyl (C=O) groups is 1. The molecule has 3 nitrogen and oxygen atoms in total. The van der Waals surface area contributed by atoms with Gasteiger partial charge in [-0.3, -0.25) is 4.79 Å². The highest BCUT2D eigenvalue weighted by Crippen LogP contribution is 2.50. The standard InChI is InChI=1S/C14H18N2O/c15-7-11-12-8-16(9-13(11)12)14(17)6-10-4-2-1-3-5-10/h1-5,11-13H,6-9,15H2/t11?,12-,13+. The number of piperidine rings is 1. The van der Waals surface area contributed by atoms with Crippen molar-refractivity contribution in [3.8, 4) is 0 Å². The summed E-state index contributed by atoms with van der Waals surface area (Å²) in [5.41, 5.74) is 6.77. The zero-order valence-electron chi connectivity index (χ0n) is 9.88. The minimum Gasteiger partial charge on any atom is -0.342 e. The number of nitrogens with two attached hydrogens (primary N) is 1. The fraction of sp³-hybridized carbons (Fsp3) is 0.500. The predicted molar refractivity (Wildman–Crippen MR) is 66.3 cm³/mol. The molecule has 2 aliphatic rings. The Hall–Kier alpha value is -1.35.